The number of hydrogen-bond donors (Lipinski definition) is 2. The quantitative estimate of drug-likeness (QED) is 0.0532. The van der Waals surface area contributed by atoms with Crippen LogP contribution in [0.2, 0.25) is 0 Å². The zero-order chi connectivity index (χ0) is 48.1. The molecule has 0 saturated heterocycles. The van der Waals surface area contributed by atoms with Crippen LogP contribution < -0.4 is 24.3 Å². The fourth-order valence-corrected chi connectivity index (χ4v) is 10.3. The van der Waals surface area contributed by atoms with Gasteiger partial charge in [-0.15, -0.1) is 15.3 Å². The molecule has 0 spiro atoms. The Hall–Kier alpha value is -5.66. The first kappa shape index (κ1) is 49.8. The Morgan fingerprint density at radius 3 is 1.73 bits per heavy atom. The number of nitrogens with zero attached hydrogens (tertiary/aromatic N) is 12. The summed E-state index contributed by atoms with van der Waals surface area (Å²) in [5.74, 6) is 1.42. The SMILES string of the molecule is Cn1ccnc1N=Nc1ccc(NCC(C)(C)CC(C)(C)C[n+]2ccn(C(C)(C)CC(C)(C)n3cc[n+](CC(C)(C)CC(C)(C)CNC4=CCC(N=Nc5n(C)cc[n+]5C)C=C4)c3)c2)cc1. The van der Waals surface area contributed by atoms with Gasteiger partial charge in [-0.3, -0.25) is 0 Å². The number of azo groups is 2. The topological polar surface area (TPSA) is 118 Å². The molecule has 14 heteroatoms. The molecular formula is C52H81N14+3. The smallest absolute Gasteiger partial charge is 0.385 e. The van der Waals surface area contributed by atoms with Crippen molar-refractivity contribution in [3.8, 4) is 0 Å². The van der Waals surface area contributed by atoms with Gasteiger partial charge in [0.15, 0.2) is 0 Å². The normalized spacial score (nSPS) is 15.6. The molecule has 5 aromatic rings. The average Bonchev–Trinajstić information content (AvgIpc) is 4.04. The molecule has 14 nitrogen and oxygen atoms in total. The fourth-order valence-electron chi connectivity index (χ4n) is 10.3. The third-order valence-corrected chi connectivity index (χ3v) is 12.8. The van der Waals surface area contributed by atoms with E-state index in [0.717, 1.165) is 74.9 Å². The van der Waals surface area contributed by atoms with Crippen LogP contribution in [0.4, 0.5) is 23.3 Å². The van der Waals surface area contributed by atoms with E-state index in [1.165, 1.54) is 0 Å². The summed E-state index contributed by atoms with van der Waals surface area (Å²) in [4.78, 5) is 4.21. The molecule has 4 aromatic heterocycles. The van der Waals surface area contributed by atoms with Crippen molar-refractivity contribution < 1.29 is 13.7 Å². The van der Waals surface area contributed by atoms with Crippen molar-refractivity contribution in [2.45, 2.75) is 139 Å². The van der Waals surface area contributed by atoms with E-state index in [1.807, 2.05) is 65.6 Å². The minimum absolute atomic E-state index is 0.0558. The molecular weight excluding hydrogens is 821 g/mol. The van der Waals surface area contributed by atoms with Crippen LogP contribution in [0.25, 0.3) is 0 Å². The summed E-state index contributed by atoms with van der Waals surface area (Å²) in [5, 5.41) is 25.1. The van der Waals surface area contributed by atoms with Gasteiger partial charge in [0.1, 0.15) is 41.9 Å². The summed E-state index contributed by atoms with van der Waals surface area (Å²) in [6.07, 6.45) is 31.7. The molecule has 1 atom stereocenters. The van der Waals surface area contributed by atoms with E-state index >= 15 is 0 Å². The van der Waals surface area contributed by atoms with Crippen LogP contribution in [0.15, 0.2) is 131 Å². The molecule has 356 valence electrons. The zero-order valence-corrected chi connectivity index (χ0v) is 42.9. The number of benzene rings is 1. The molecule has 0 radical (unpaired) electrons. The van der Waals surface area contributed by atoms with Gasteiger partial charge < -0.3 is 15.2 Å². The summed E-state index contributed by atoms with van der Waals surface area (Å²) in [6, 6.07) is 8.17. The van der Waals surface area contributed by atoms with Crippen molar-refractivity contribution in [1.82, 2.24) is 28.6 Å². The second-order valence-corrected chi connectivity index (χ2v) is 23.4. The molecule has 1 aromatic carbocycles. The Labute approximate surface area is 395 Å². The third kappa shape index (κ3) is 13.9. The van der Waals surface area contributed by atoms with Gasteiger partial charge in [0.2, 0.25) is 18.6 Å². The van der Waals surface area contributed by atoms with E-state index in [4.69, 9.17) is 0 Å². The maximum absolute atomic E-state index is 4.58. The van der Waals surface area contributed by atoms with Crippen LogP contribution in [-0.2, 0) is 45.3 Å². The lowest BCUT2D eigenvalue weighted by molar-refractivity contribution is -0.709. The van der Waals surface area contributed by atoms with E-state index in [0.29, 0.717) is 5.95 Å². The van der Waals surface area contributed by atoms with Crippen LogP contribution in [-0.4, -0.2) is 42.4 Å². The first-order valence-electron chi connectivity index (χ1n) is 23.7. The maximum Gasteiger partial charge on any atom is 0.420 e. The van der Waals surface area contributed by atoms with E-state index in [-0.39, 0.29) is 38.8 Å². The predicted molar refractivity (Wildman–Crippen MR) is 264 cm³/mol. The van der Waals surface area contributed by atoms with Gasteiger partial charge in [-0.25, -0.2) is 32.4 Å². The molecule has 66 heavy (non-hydrogen) atoms. The summed E-state index contributed by atoms with van der Waals surface area (Å²) in [5.41, 5.74) is 3.20. The molecule has 1 aliphatic carbocycles. The summed E-state index contributed by atoms with van der Waals surface area (Å²) >= 11 is 0. The van der Waals surface area contributed by atoms with Crippen LogP contribution in [0.1, 0.15) is 109 Å². The summed E-state index contributed by atoms with van der Waals surface area (Å²) in [6.45, 7) is 32.1. The number of rotatable bonds is 22. The lowest BCUT2D eigenvalue weighted by Crippen LogP contribution is -2.44. The monoisotopic (exact) mass is 902 g/mol. The first-order valence-corrected chi connectivity index (χ1v) is 23.7. The Balaban J connectivity index is 0.959. The second kappa shape index (κ2) is 19.7. The van der Waals surface area contributed by atoms with Crippen LogP contribution in [0.3, 0.4) is 0 Å². The van der Waals surface area contributed by atoms with Gasteiger partial charge in [-0.05, 0) is 88.1 Å². The van der Waals surface area contributed by atoms with Crippen molar-refractivity contribution in [3.63, 3.8) is 0 Å². The Kier molecular flexibility index (Phi) is 14.8. The molecule has 4 heterocycles. The number of allylic oxidation sites excluding steroid dienone is 1. The molecule has 1 aliphatic rings. The maximum atomic E-state index is 4.58. The highest BCUT2D eigenvalue weighted by Crippen LogP contribution is 2.37. The van der Waals surface area contributed by atoms with E-state index in [2.05, 4.69) is 205 Å². The minimum Gasteiger partial charge on any atom is -0.385 e. The fraction of sp³-hybridized carbons (Fsp3) is 0.577. The average molecular weight is 902 g/mol. The van der Waals surface area contributed by atoms with E-state index in [1.54, 1.807) is 6.20 Å². The number of anilines is 1. The van der Waals surface area contributed by atoms with Crippen molar-refractivity contribution >= 4 is 23.3 Å². The Morgan fingerprint density at radius 1 is 0.652 bits per heavy atom. The van der Waals surface area contributed by atoms with Gasteiger partial charge in [-0.2, -0.15) is 0 Å². The van der Waals surface area contributed by atoms with Crippen LogP contribution in [0.5, 0.6) is 0 Å². The van der Waals surface area contributed by atoms with Gasteiger partial charge in [0.25, 0.3) is 0 Å². The molecule has 2 N–H and O–H groups in total. The van der Waals surface area contributed by atoms with Gasteiger partial charge in [0.05, 0.1) is 45.3 Å². The van der Waals surface area contributed by atoms with E-state index < -0.39 is 0 Å². The van der Waals surface area contributed by atoms with Crippen LogP contribution in [0, 0.1) is 21.7 Å². The van der Waals surface area contributed by atoms with E-state index in [9.17, 15) is 0 Å². The minimum atomic E-state index is -0.100. The predicted octanol–water partition coefficient (Wildman–Crippen LogP) is 10.3. The highest BCUT2D eigenvalue weighted by molar-refractivity contribution is 5.51. The highest BCUT2D eigenvalue weighted by Gasteiger charge is 2.39. The van der Waals surface area contributed by atoms with Crippen molar-refractivity contribution in [2.24, 2.45) is 63.3 Å². The molecule has 0 aliphatic heterocycles. The molecule has 0 bridgehead atoms. The molecule has 0 saturated carbocycles. The standard InChI is InChI=1S/C52H81N14/c1-47(2,35-54-41-16-20-43(21-17-41)56-58-45-53-24-25-60(45)13)32-49(5,6)37-63-28-30-65(39-63)51(9,10)34-52(11,12)66-31-29-64(40-66)38-50(7,8)33-48(3,4)36-55-42-18-22-44(23-19-42)57-59-46-61(14)26-27-62(46)15/h16-22,24-31,39-40,44,54-55H,23,32-38H2,1-15H3/q+3. The molecule has 0 fully saturated rings. The van der Waals surface area contributed by atoms with Crippen LogP contribution >= 0.6 is 0 Å². The number of nitrogens with one attached hydrogen (secondary N) is 2. The summed E-state index contributed by atoms with van der Waals surface area (Å²) < 4.78 is 15.4. The second-order valence-electron chi connectivity index (χ2n) is 23.4. The van der Waals surface area contributed by atoms with Crippen molar-refractivity contribution in [3.05, 3.63) is 110 Å². The van der Waals surface area contributed by atoms with Crippen molar-refractivity contribution in [2.75, 3.05) is 18.4 Å². The lowest BCUT2D eigenvalue weighted by atomic mass is 9.75. The largest absolute Gasteiger partial charge is 0.420 e. The molecule has 0 amide bonds. The third-order valence-electron chi connectivity index (χ3n) is 12.8. The highest BCUT2D eigenvalue weighted by atomic mass is 15.3. The number of hydrogen-bond acceptors (Lipinski definition) is 7. The molecule has 6 rings (SSSR count). The van der Waals surface area contributed by atoms with Gasteiger partial charge >= 0.3 is 5.95 Å². The lowest BCUT2D eigenvalue weighted by Gasteiger charge is -2.34. The first-order chi connectivity index (χ1) is 30.8. The number of aromatic nitrogens is 8. The number of imidazole rings is 4. The van der Waals surface area contributed by atoms with Gasteiger partial charge in [0, 0.05) is 66.3 Å². The molecule has 1 unspecified atom stereocenters. The van der Waals surface area contributed by atoms with Crippen molar-refractivity contribution in [1.29, 1.82) is 0 Å². The summed E-state index contributed by atoms with van der Waals surface area (Å²) in [7, 11) is 5.88. The Bertz CT molecular complexity index is 2470. The Morgan fingerprint density at radius 2 is 1.23 bits per heavy atom. The number of aryl methyl sites for hydroxylation is 3. The van der Waals surface area contributed by atoms with Gasteiger partial charge in [-0.1, -0.05) is 67.5 Å². The zero-order valence-electron chi connectivity index (χ0n) is 42.9.